The monoisotopic (exact) mass is 287 g/mol. The van der Waals surface area contributed by atoms with Gasteiger partial charge in [0, 0.05) is 11.6 Å². The third-order valence-corrected chi connectivity index (χ3v) is 2.92. The number of nitrogens with zero attached hydrogens (tertiary/aromatic N) is 4. The molecule has 1 heterocycles. The van der Waals surface area contributed by atoms with Gasteiger partial charge in [-0.15, -0.1) is 0 Å². The molecule has 0 spiro atoms. The van der Waals surface area contributed by atoms with Crippen LogP contribution in [-0.2, 0) is 0 Å². The van der Waals surface area contributed by atoms with Crippen LogP contribution >= 0.6 is 0 Å². The lowest BCUT2D eigenvalue weighted by atomic mass is 10.2. The Balaban J connectivity index is 1.93. The first-order valence-electron chi connectivity index (χ1n) is 6.40. The molecule has 0 aliphatic rings. The van der Waals surface area contributed by atoms with Gasteiger partial charge in [0.1, 0.15) is 17.7 Å². The third-order valence-electron chi connectivity index (χ3n) is 2.92. The van der Waals surface area contributed by atoms with Gasteiger partial charge in [-0.1, -0.05) is 18.2 Å². The summed E-state index contributed by atoms with van der Waals surface area (Å²) in [4.78, 5) is 4.42. The highest BCUT2D eigenvalue weighted by molar-refractivity contribution is 6.10. The molecular weight excluding hydrogens is 278 g/mol. The Morgan fingerprint density at radius 3 is 2.59 bits per heavy atom. The summed E-state index contributed by atoms with van der Waals surface area (Å²) < 4.78 is 5.72. The van der Waals surface area contributed by atoms with Crippen molar-refractivity contribution >= 4 is 22.5 Å². The van der Waals surface area contributed by atoms with Gasteiger partial charge in [0.15, 0.2) is 5.58 Å². The van der Waals surface area contributed by atoms with Crippen LogP contribution in [0.4, 0.5) is 5.69 Å². The lowest BCUT2D eigenvalue weighted by Crippen LogP contribution is -1.95. The Morgan fingerprint density at radius 2 is 1.86 bits per heavy atom. The summed E-state index contributed by atoms with van der Waals surface area (Å²) in [6.07, 6.45) is 0. The molecule has 0 amide bonds. The van der Waals surface area contributed by atoms with Crippen LogP contribution in [0.2, 0.25) is 0 Å². The highest BCUT2D eigenvalue weighted by Gasteiger charge is 2.08. The van der Waals surface area contributed by atoms with Crippen molar-refractivity contribution < 1.29 is 4.42 Å². The summed E-state index contributed by atoms with van der Waals surface area (Å²) in [6, 6.07) is 18.2. The zero-order valence-electron chi connectivity index (χ0n) is 11.3. The van der Waals surface area contributed by atoms with Crippen molar-refractivity contribution in [1.82, 2.24) is 4.98 Å². The minimum Gasteiger partial charge on any atom is -0.436 e. The van der Waals surface area contributed by atoms with Crippen molar-refractivity contribution in [2.45, 2.75) is 0 Å². The van der Waals surface area contributed by atoms with Crippen molar-refractivity contribution in [2.75, 3.05) is 5.43 Å². The Bertz CT molecular complexity index is 913. The summed E-state index contributed by atoms with van der Waals surface area (Å²) >= 11 is 0. The Labute approximate surface area is 125 Å². The van der Waals surface area contributed by atoms with Gasteiger partial charge in [-0.2, -0.15) is 15.6 Å². The van der Waals surface area contributed by atoms with E-state index in [1.807, 2.05) is 30.3 Å². The van der Waals surface area contributed by atoms with Crippen LogP contribution in [0, 0.1) is 22.7 Å². The van der Waals surface area contributed by atoms with Gasteiger partial charge >= 0.3 is 0 Å². The molecule has 0 unspecified atom stereocenters. The van der Waals surface area contributed by atoms with Crippen LogP contribution in [0.1, 0.15) is 0 Å². The van der Waals surface area contributed by atoms with Crippen LogP contribution in [0.25, 0.3) is 22.6 Å². The zero-order chi connectivity index (χ0) is 15.4. The van der Waals surface area contributed by atoms with Crippen molar-refractivity contribution in [2.24, 2.45) is 5.10 Å². The lowest BCUT2D eigenvalue weighted by molar-refractivity contribution is 0.620. The van der Waals surface area contributed by atoms with Crippen molar-refractivity contribution in [3.05, 3.63) is 48.5 Å². The molecule has 0 aliphatic heterocycles. The normalized spacial score (nSPS) is 9.73. The molecule has 0 bridgehead atoms. The molecule has 22 heavy (non-hydrogen) atoms. The lowest BCUT2D eigenvalue weighted by Gasteiger charge is -1.98. The Morgan fingerprint density at radius 1 is 1.09 bits per heavy atom. The fourth-order valence-electron chi connectivity index (χ4n) is 1.89. The number of fused-ring (bicyclic) bond motifs is 1. The van der Waals surface area contributed by atoms with Gasteiger partial charge in [0.2, 0.25) is 11.6 Å². The second-order valence-corrected chi connectivity index (χ2v) is 4.36. The number of aromatic nitrogens is 1. The van der Waals surface area contributed by atoms with Gasteiger partial charge in [-0.05, 0) is 24.3 Å². The summed E-state index contributed by atoms with van der Waals surface area (Å²) in [7, 11) is 0. The molecule has 0 aliphatic carbocycles. The molecular formula is C16H9N5O. The van der Waals surface area contributed by atoms with E-state index in [4.69, 9.17) is 14.9 Å². The maximum absolute atomic E-state index is 8.63. The Hall–Kier alpha value is -3.64. The number of anilines is 1. The molecule has 0 fully saturated rings. The van der Waals surface area contributed by atoms with Gasteiger partial charge in [0.25, 0.3) is 0 Å². The number of hydrazone groups is 1. The molecule has 104 valence electrons. The maximum Gasteiger partial charge on any atom is 0.237 e. The minimum absolute atomic E-state index is 0.248. The van der Waals surface area contributed by atoms with Crippen LogP contribution in [0.15, 0.2) is 58.0 Å². The van der Waals surface area contributed by atoms with Crippen LogP contribution in [0.5, 0.6) is 0 Å². The fourth-order valence-corrected chi connectivity index (χ4v) is 1.89. The Kier molecular flexibility index (Phi) is 3.51. The highest BCUT2D eigenvalue weighted by Crippen LogP contribution is 2.26. The van der Waals surface area contributed by atoms with E-state index in [0.29, 0.717) is 22.7 Å². The van der Waals surface area contributed by atoms with Gasteiger partial charge in [-0.25, -0.2) is 4.98 Å². The zero-order valence-corrected chi connectivity index (χ0v) is 11.3. The minimum atomic E-state index is -0.248. The predicted octanol–water partition coefficient (Wildman–Crippen LogP) is 3.31. The number of hydrogen-bond donors (Lipinski definition) is 1. The number of oxazole rings is 1. The number of rotatable bonds is 3. The van der Waals surface area contributed by atoms with Gasteiger partial charge < -0.3 is 4.42 Å². The molecule has 1 aromatic heterocycles. The van der Waals surface area contributed by atoms with E-state index in [1.165, 1.54) is 0 Å². The van der Waals surface area contributed by atoms with E-state index in [2.05, 4.69) is 15.5 Å². The largest absolute Gasteiger partial charge is 0.436 e. The maximum atomic E-state index is 8.63. The number of nitrogens with one attached hydrogen (secondary N) is 1. The smallest absolute Gasteiger partial charge is 0.237 e. The molecule has 3 rings (SSSR count). The number of hydrogen-bond acceptors (Lipinski definition) is 6. The molecule has 6 nitrogen and oxygen atoms in total. The summed E-state index contributed by atoms with van der Waals surface area (Å²) in [5.74, 6) is 0.533. The molecule has 3 aromatic rings. The molecule has 6 heteroatoms. The summed E-state index contributed by atoms with van der Waals surface area (Å²) in [5, 5.41) is 21.0. The standard InChI is InChI=1S/C16H9N5O/c17-9-13(10-18)21-20-12-6-7-14-15(8-12)22-16(19-14)11-4-2-1-3-5-11/h1-8,20H. The molecule has 0 atom stereocenters. The molecule has 2 aromatic carbocycles. The van der Waals surface area contributed by atoms with Crippen molar-refractivity contribution in [1.29, 1.82) is 10.5 Å². The second kappa shape index (κ2) is 5.78. The van der Waals surface area contributed by atoms with E-state index < -0.39 is 0 Å². The highest BCUT2D eigenvalue weighted by atomic mass is 16.3. The fraction of sp³-hybridized carbons (Fsp3) is 0. The number of nitriles is 2. The average Bonchev–Trinajstić information content (AvgIpc) is 3.00. The van der Waals surface area contributed by atoms with E-state index in [0.717, 1.165) is 5.56 Å². The van der Waals surface area contributed by atoms with Crippen molar-refractivity contribution in [3.8, 4) is 23.6 Å². The van der Waals surface area contributed by atoms with E-state index in [1.54, 1.807) is 30.3 Å². The quantitative estimate of drug-likeness (QED) is 0.588. The first-order chi connectivity index (χ1) is 10.8. The topological polar surface area (TPSA) is 98.0 Å². The van der Waals surface area contributed by atoms with Crippen LogP contribution in [-0.4, -0.2) is 10.7 Å². The van der Waals surface area contributed by atoms with Crippen molar-refractivity contribution in [3.63, 3.8) is 0 Å². The van der Waals surface area contributed by atoms with Crippen LogP contribution < -0.4 is 5.43 Å². The third kappa shape index (κ3) is 2.62. The van der Waals surface area contributed by atoms with Gasteiger partial charge in [-0.3, -0.25) is 5.43 Å². The van der Waals surface area contributed by atoms with Crippen LogP contribution in [0.3, 0.4) is 0 Å². The summed E-state index contributed by atoms with van der Waals surface area (Å²) in [6.45, 7) is 0. The molecule has 0 saturated heterocycles. The first-order valence-corrected chi connectivity index (χ1v) is 6.40. The first kappa shape index (κ1) is 13.3. The predicted molar refractivity (Wildman–Crippen MR) is 81.7 cm³/mol. The second-order valence-electron chi connectivity index (χ2n) is 4.36. The molecule has 1 N–H and O–H groups in total. The van der Waals surface area contributed by atoms with Gasteiger partial charge in [0.05, 0.1) is 5.69 Å². The number of benzene rings is 2. The SMILES string of the molecule is N#CC(C#N)=NNc1ccc2nc(-c3ccccc3)oc2c1. The summed E-state index contributed by atoms with van der Waals surface area (Å²) in [5.41, 5.74) is 5.20. The van der Waals surface area contributed by atoms with E-state index in [9.17, 15) is 0 Å². The average molecular weight is 287 g/mol. The van der Waals surface area contributed by atoms with E-state index in [-0.39, 0.29) is 5.71 Å². The van der Waals surface area contributed by atoms with E-state index >= 15 is 0 Å². The molecule has 0 radical (unpaired) electrons. The molecule has 0 saturated carbocycles.